The van der Waals surface area contributed by atoms with Crippen molar-refractivity contribution in [1.29, 1.82) is 0 Å². The molecule has 0 radical (unpaired) electrons. The maximum Gasteiger partial charge on any atom is 0.215 e. The van der Waals surface area contributed by atoms with E-state index in [4.69, 9.17) is 4.74 Å². The molecule has 2 rings (SSSR count). The van der Waals surface area contributed by atoms with Crippen molar-refractivity contribution in [2.45, 2.75) is 25.3 Å². The van der Waals surface area contributed by atoms with Crippen LogP contribution in [-0.2, 0) is 22.3 Å². The molecule has 0 aromatic heterocycles. The van der Waals surface area contributed by atoms with Gasteiger partial charge in [-0.25, -0.2) is 17.5 Å². The van der Waals surface area contributed by atoms with E-state index in [1.54, 1.807) is 31.3 Å². The third-order valence-electron chi connectivity index (χ3n) is 4.06. The van der Waals surface area contributed by atoms with Gasteiger partial charge in [0.2, 0.25) is 10.0 Å². The van der Waals surface area contributed by atoms with Crippen molar-refractivity contribution in [3.8, 4) is 5.75 Å². The van der Waals surface area contributed by atoms with Gasteiger partial charge in [-0.2, -0.15) is 0 Å². The van der Waals surface area contributed by atoms with Gasteiger partial charge >= 0.3 is 0 Å². The highest BCUT2D eigenvalue weighted by atomic mass is 127. The zero-order chi connectivity index (χ0) is 21.3. The Kier molecular flexibility index (Phi) is 11.1. The largest absolute Gasteiger partial charge is 0.489 e. The second kappa shape index (κ2) is 12.7. The molecule has 0 saturated heterocycles. The van der Waals surface area contributed by atoms with E-state index in [-0.39, 0.29) is 41.7 Å². The highest BCUT2D eigenvalue weighted by Gasteiger charge is 2.09. The van der Waals surface area contributed by atoms with Gasteiger partial charge in [-0.3, -0.25) is 4.99 Å². The van der Waals surface area contributed by atoms with Crippen molar-refractivity contribution >= 4 is 40.0 Å². The average Bonchev–Trinajstić information content (AvgIpc) is 2.69. The Morgan fingerprint density at radius 1 is 1.13 bits per heavy atom. The molecule has 7 nitrogen and oxygen atoms in total. The molecule has 2 aromatic rings. The maximum atomic E-state index is 13.2. The van der Waals surface area contributed by atoms with Crippen molar-refractivity contribution < 1.29 is 17.5 Å². The minimum absolute atomic E-state index is 0. The number of nitrogens with zero attached hydrogens (tertiary/aromatic N) is 1. The number of rotatable bonds is 9. The molecular weight excluding hydrogens is 522 g/mol. The van der Waals surface area contributed by atoms with Crippen LogP contribution in [0.2, 0.25) is 0 Å². The van der Waals surface area contributed by atoms with E-state index in [0.717, 1.165) is 5.56 Å². The first-order valence-corrected chi connectivity index (χ1v) is 10.8. The maximum absolute atomic E-state index is 13.2. The summed E-state index contributed by atoms with van der Waals surface area (Å²) in [5.41, 5.74) is 1.71. The Morgan fingerprint density at radius 3 is 2.40 bits per heavy atom. The van der Waals surface area contributed by atoms with E-state index in [2.05, 4.69) is 20.3 Å². The Morgan fingerprint density at radius 2 is 1.80 bits per heavy atom. The van der Waals surface area contributed by atoms with Crippen LogP contribution in [0.5, 0.6) is 5.75 Å². The van der Waals surface area contributed by atoms with Crippen molar-refractivity contribution in [1.82, 2.24) is 15.4 Å². The molecule has 0 aliphatic rings. The summed E-state index contributed by atoms with van der Waals surface area (Å²) in [6, 6.07) is 13.3. The number of guanidine groups is 1. The van der Waals surface area contributed by atoms with Crippen LogP contribution in [0.15, 0.2) is 53.5 Å². The molecule has 0 aliphatic heterocycles. The minimum atomic E-state index is -3.28. The van der Waals surface area contributed by atoms with Gasteiger partial charge in [0.15, 0.2) is 5.96 Å². The first-order chi connectivity index (χ1) is 13.8. The van der Waals surface area contributed by atoms with Gasteiger partial charge < -0.3 is 15.4 Å². The molecular formula is C20H28FIN4O3S. The van der Waals surface area contributed by atoms with Crippen LogP contribution in [-0.4, -0.2) is 41.1 Å². The number of sulfonamides is 1. The topological polar surface area (TPSA) is 91.8 Å². The van der Waals surface area contributed by atoms with Crippen LogP contribution in [0.4, 0.5) is 4.39 Å². The molecule has 0 amide bonds. The summed E-state index contributed by atoms with van der Waals surface area (Å²) in [6.07, 6.45) is -0.191. The normalized spacial score (nSPS) is 12.6. The molecule has 30 heavy (non-hydrogen) atoms. The first-order valence-electron chi connectivity index (χ1n) is 9.17. The Bertz CT molecular complexity index is 924. The van der Waals surface area contributed by atoms with Gasteiger partial charge in [-0.1, -0.05) is 30.3 Å². The number of halogens is 2. The number of benzene rings is 2. The molecule has 1 unspecified atom stereocenters. The van der Waals surface area contributed by atoms with Gasteiger partial charge in [0.05, 0.1) is 12.3 Å². The highest BCUT2D eigenvalue weighted by Crippen LogP contribution is 2.13. The summed E-state index contributed by atoms with van der Waals surface area (Å²) in [4.78, 5) is 4.16. The summed E-state index contributed by atoms with van der Waals surface area (Å²) < 4.78 is 44.4. The van der Waals surface area contributed by atoms with Gasteiger partial charge in [0, 0.05) is 19.7 Å². The Hall–Kier alpha value is -1.92. The number of nitrogens with one attached hydrogen (secondary N) is 3. The van der Waals surface area contributed by atoms with Gasteiger partial charge in [0.25, 0.3) is 0 Å². The van der Waals surface area contributed by atoms with Crippen molar-refractivity contribution in [2.75, 3.05) is 20.6 Å². The molecule has 0 heterocycles. The number of hydrogen-bond donors (Lipinski definition) is 3. The van der Waals surface area contributed by atoms with E-state index in [1.165, 1.54) is 19.2 Å². The molecule has 1 atom stereocenters. The summed E-state index contributed by atoms with van der Waals surface area (Å²) in [5.74, 6) is 0.683. The van der Waals surface area contributed by atoms with E-state index in [0.29, 0.717) is 30.4 Å². The van der Waals surface area contributed by atoms with Crippen molar-refractivity contribution in [2.24, 2.45) is 4.99 Å². The minimum Gasteiger partial charge on any atom is -0.489 e. The number of hydrogen-bond acceptors (Lipinski definition) is 4. The molecule has 0 saturated carbocycles. The monoisotopic (exact) mass is 550 g/mol. The number of ether oxygens (including phenoxy) is 1. The molecule has 0 spiro atoms. The van der Waals surface area contributed by atoms with Gasteiger partial charge in [-0.15, -0.1) is 24.0 Å². The molecule has 166 valence electrons. The lowest BCUT2D eigenvalue weighted by Crippen LogP contribution is -2.41. The van der Waals surface area contributed by atoms with E-state index in [1.807, 2.05) is 19.1 Å². The predicted octanol–water partition coefficient (Wildman–Crippen LogP) is 2.63. The third kappa shape index (κ3) is 9.26. The van der Waals surface area contributed by atoms with E-state index < -0.39 is 10.0 Å². The molecule has 10 heteroatoms. The second-order valence-corrected chi connectivity index (χ2v) is 8.40. The Labute approximate surface area is 194 Å². The van der Waals surface area contributed by atoms with Crippen LogP contribution in [0.1, 0.15) is 18.1 Å². The quantitative estimate of drug-likeness (QED) is 0.254. The summed E-state index contributed by atoms with van der Waals surface area (Å²) in [6.45, 7) is 2.89. The summed E-state index contributed by atoms with van der Waals surface area (Å²) in [5, 5.41) is 6.34. The van der Waals surface area contributed by atoms with Gasteiger partial charge in [-0.05, 0) is 37.2 Å². The zero-order valence-corrected chi connectivity index (χ0v) is 20.3. The SMILES string of the molecule is CN=C(NCc1ccc(CS(=O)(=O)NC)cc1)NCC(C)Oc1cccc(F)c1.I. The Balaban J connectivity index is 0.00000450. The van der Waals surface area contributed by atoms with E-state index in [9.17, 15) is 12.8 Å². The fourth-order valence-corrected chi connectivity index (χ4v) is 3.28. The van der Waals surface area contributed by atoms with Gasteiger partial charge in [0.1, 0.15) is 17.7 Å². The fraction of sp³-hybridized carbons (Fsp3) is 0.350. The zero-order valence-electron chi connectivity index (χ0n) is 17.2. The highest BCUT2D eigenvalue weighted by molar-refractivity contribution is 14.0. The average molecular weight is 550 g/mol. The fourth-order valence-electron chi connectivity index (χ4n) is 2.51. The summed E-state index contributed by atoms with van der Waals surface area (Å²) >= 11 is 0. The standard InChI is InChI=1S/C20H27FN4O3S.HI/c1-15(28-19-6-4-5-18(21)11-19)12-24-20(22-2)25-13-16-7-9-17(10-8-16)14-29(26,27)23-3;/h4-11,15,23H,12-14H2,1-3H3,(H2,22,24,25);1H. The first kappa shape index (κ1) is 26.1. The second-order valence-electron chi connectivity index (χ2n) is 6.47. The van der Waals surface area contributed by atoms with Crippen LogP contribution in [0, 0.1) is 5.82 Å². The van der Waals surface area contributed by atoms with Crippen LogP contribution >= 0.6 is 24.0 Å². The molecule has 3 N–H and O–H groups in total. The van der Waals surface area contributed by atoms with Crippen LogP contribution in [0.25, 0.3) is 0 Å². The van der Waals surface area contributed by atoms with Crippen molar-refractivity contribution in [3.63, 3.8) is 0 Å². The molecule has 0 aliphatic carbocycles. The summed E-state index contributed by atoms with van der Waals surface area (Å²) in [7, 11) is -0.218. The third-order valence-corrected chi connectivity index (χ3v) is 5.40. The van der Waals surface area contributed by atoms with E-state index >= 15 is 0 Å². The lowest BCUT2D eigenvalue weighted by molar-refractivity contribution is 0.223. The molecule has 2 aromatic carbocycles. The lowest BCUT2D eigenvalue weighted by atomic mass is 10.1. The predicted molar refractivity (Wildman–Crippen MR) is 128 cm³/mol. The lowest BCUT2D eigenvalue weighted by Gasteiger charge is -2.18. The number of aliphatic imine (C=N–C) groups is 1. The van der Waals surface area contributed by atoms with Crippen molar-refractivity contribution in [3.05, 3.63) is 65.5 Å². The molecule has 0 fully saturated rings. The molecule has 0 bridgehead atoms. The van der Waals surface area contributed by atoms with Crippen LogP contribution < -0.4 is 20.1 Å². The smallest absolute Gasteiger partial charge is 0.215 e. The van der Waals surface area contributed by atoms with Crippen LogP contribution in [0.3, 0.4) is 0 Å².